The lowest BCUT2D eigenvalue weighted by atomic mass is 10.0. The third-order valence-corrected chi connectivity index (χ3v) is 3.60. The van der Waals surface area contributed by atoms with E-state index in [0.717, 1.165) is 29.6 Å². The van der Waals surface area contributed by atoms with Gasteiger partial charge in [-0.05, 0) is 42.4 Å². The predicted octanol–water partition coefficient (Wildman–Crippen LogP) is 2.46. The predicted molar refractivity (Wildman–Crippen MR) is 41.5 cm³/mol. The molecule has 54 valence electrons. The molecule has 0 aromatic rings. The lowest BCUT2D eigenvalue weighted by molar-refractivity contribution is 0.537. The molecular formula is C10H14. The Hall–Kier alpha value is -0.260. The van der Waals surface area contributed by atoms with Crippen LogP contribution in [0.15, 0.2) is 12.2 Å². The summed E-state index contributed by atoms with van der Waals surface area (Å²) in [5.41, 5.74) is 0. The van der Waals surface area contributed by atoms with Crippen molar-refractivity contribution < 1.29 is 0 Å². The molecule has 0 spiro atoms. The molecule has 4 atom stereocenters. The molecule has 0 aromatic carbocycles. The number of allylic oxidation sites excluding steroid dienone is 2. The first kappa shape index (κ1) is 5.40. The first-order valence-electron chi connectivity index (χ1n) is 4.56. The van der Waals surface area contributed by atoms with Gasteiger partial charge in [-0.3, -0.25) is 0 Å². The Bertz CT molecular complexity index is 188. The molecule has 0 N–H and O–H groups in total. The summed E-state index contributed by atoms with van der Waals surface area (Å²) in [6.07, 6.45) is 7.96. The summed E-state index contributed by atoms with van der Waals surface area (Å²) in [6.45, 7) is 2.38. The molecule has 0 bridgehead atoms. The van der Waals surface area contributed by atoms with Crippen molar-refractivity contribution in [2.75, 3.05) is 0 Å². The van der Waals surface area contributed by atoms with Crippen LogP contribution in [-0.4, -0.2) is 0 Å². The Morgan fingerprint density at radius 2 is 1.90 bits per heavy atom. The van der Waals surface area contributed by atoms with Crippen molar-refractivity contribution in [2.24, 2.45) is 29.6 Å². The highest BCUT2D eigenvalue weighted by molar-refractivity contribution is 5.22. The van der Waals surface area contributed by atoms with E-state index in [-0.39, 0.29) is 0 Å². The molecule has 0 nitrogen and oxygen atoms in total. The Balaban J connectivity index is 1.79. The summed E-state index contributed by atoms with van der Waals surface area (Å²) in [5, 5.41) is 0. The minimum Gasteiger partial charge on any atom is -0.0851 e. The normalized spacial score (nSPS) is 56.9. The van der Waals surface area contributed by atoms with Crippen molar-refractivity contribution in [3.05, 3.63) is 12.2 Å². The van der Waals surface area contributed by atoms with Gasteiger partial charge in [0.15, 0.2) is 0 Å². The van der Waals surface area contributed by atoms with Gasteiger partial charge in [-0.25, -0.2) is 0 Å². The maximum absolute atomic E-state index is 2.47. The van der Waals surface area contributed by atoms with Crippen molar-refractivity contribution in [2.45, 2.75) is 19.8 Å². The standard InChI is InChI=1S/C10H14/c1-6-2-5-8-9(6)10(8)7-3-4-7/h2,5-10H,3-4H2,1H3. The van der Waals surface area contributed by atoms with Crippen molar-refractivity contribution in [3.8, 4) is 0 Å². The van der Waals surface area contributed by atoms with E-state index in [1.807, 2.05) is 0 Å². The molecule has 3 aliphatic carbocycles. The Morgan fingerprint density at radius 1 is 1.10 bits per heavy atom. The Morgan fingerprint density at radius 3 is 2.40 bits per heavy atom. The van der Waals surface area contributed by atoms with E-state index in [0.29, 0.717) is 0 Å². The van der Waals surface area contributed by atoms with Gasteiger partial charge in [0, 0.05) is 0 Å². The van der Waals surface area contributed by atoms with Crippen molar-refractivity contribution >= 4 is 0 Å². The number of hydrogen-bond acceptors (Lipinski definition) is 0. The third kappa shape index (κ3) is 0.531. The van der Waals surface area contributed by atoms with Gasteiger partial charge in [0.05, 0.1) is 0 Å². The van der Waals surface area contributed by atoms with Crippen LogP contribution in [0.3, 0.4) is 0 Å². The minimum absolute atomic E-state index is 0.913. The van der Waals surface area contributed by atoms with Crippen LogP contribution in [0.1, 0.15) is 19.8 Å². The lowest BCUT2D eigenvalue weighted by Gasteiger charge is -2.01. The van der Waals surface area contributed by atoms with Crippen LogP contribution in [0, 0.1) is 29.6 Å². The van der Waals surface area contributed by atoms with E-state index in [9.17, 15) is 0 Å². The zero-order valence-electron chi connectivity index (χ0n) is 6.46. The van der Waals surface area contributed by atoms with Gasteiger partial charge in [0.2, 0.25) is 0 Å². The smallest absolute Gasteiger partial charge is 0.0162 e. The van der Waals surface area contributed by atoms with Gasteiger partial charge >= 0.3 is 0 Å². The van der Waals surface area contributed by atoms with Crippen LogP contribution in [0.25, 0.3) is 0 Å². The second-order valence-corrected chi connectivity index (χ2v) is 4.31. The van der Waals surface area contributed by atoms with Crippen molar-refractivity contribution in [1.82, 2.24) is 0 Å². The topological polar surface area (TPSA) is 0 Å². The number of hydrogen-bond donors (Lipinski definition) is 0. The average molecular weight is 134 g/mol. The third-order valence-electron chi connectivity index (χ3n) is 3.60. The molecular weight excluding hydrogens is 120 g/mol. The second kappa shape index (κ2) is 1.49. The highest BCUT2D eigenvalue weighted by Crippen LogP contribution is 2.64. The van der Waals surface area contributed by atoms with E-state index in [4.69, 9.17) is 0 Å². The molecule has 0 heterocycles. The van der Waals surface area contributed by atoms with Gasteiger partial charge in [-0.2, -0.15) is 0 Å². The van der Waals surface area contributed by atoms with E-state index in [2.05, 4.69) is 19.1 Å². The average Bonchev–Trinajstić information content (AvgIpc) is 2.79. The highest BCUT2D eigenvalue weighted by Gasteiger charge is 2.58. The summed E-state index contributed by atoms with van der Waals surface area (Å²) >= 11 is 0. The molecule has 2 fully saturated rings. The van der Waals surface area contributed by atoms with Gasteiger partial charge in [0.25, 0.3) is 0 Å². The summed E-state index contributed by atoms with van der Waals surface area (Å²) < 4.78 is 0. The molecule has 0 radical (unpaired) electrons. The van der Waals surface area contributed by atoms with Crippen LogP contribution in [0.2, 0.25) is 0 Å². The number of rotatable bonds is 1. The summed E-state index contributed by atoms with van der Waals surface area (Å²) in [7, 11) is 0. The molecule has 0 heteroatoms. The molecule has 4 unspecified atom stereocenters. The van der Waals surface area contributed by atoms with Gasteiger partial charge in [0.1, 0.15) is 0 Å². The van der Waals surface area contributed by atoms with Crippen molar-refractivity contribution in [1.29, 1.82) is 0 Å². The minimum atomic E-state index is 0.913. The van der Waals surface area contributed by atoms with Crippen LogP contribution in [-0.2, 0) is 0 Å². The fourth-order valence-corrected chi connectivity index (χ4v) is 2.88. The first-order chi connectivity index (χ1) is 4.88. The number of fused-ring (bicyclic) bond motifs is 1. The first-order valence-corrected chi connectivity index (χ1v) is 4.56. The summed E-state index contributed by atoms with van der Waals surface area (Å²) in [4.78, 5) is 0. The lowest BCUT2D eigenvalue weighted by Crippen LogP contribution is -1.94. The van der Waals surface area contributed by atoms with E-state index in [1.54, 1.807) is 0 Å². The molecule has 10 heavy (non-hydrogen) atoms. The molecule has 0 amide bonds. The summed E-state index contributed by atoms with van der Waals surface area (Å²) in [6, 6.07) is 0. The maximum atomic E-state index is 2.47. The molecule has 2 saturated carbocycles. The van der Waals surface area contributed by atoms with Gasteiger partial charge < -0.3 is 0 Å². The molecule has 0 aromatic heterocycles. The maximum Gasteiger partial charge on any atom is -0.0162 e. The fourth-order valence-electron chi connectivity index (χ4n) is 2.88. The van der Waals surface area contributed by atoms with E-state index < -0.39 is 0 Å². The highest BCUT2D eigenvalue weighted by atomic mass is 14.6. The Labute approximate surface area is 62.3 Å². The van der Waals surface area contributed by atoms with Crippen LogP contribution >= 0.6 is 0 Å². The van der Waals surface area contributed by atoms with Crippen LogP contribution in [0.4, 0.5) is 0 Å². The molecule has 0 saturated heterocycles. The Kier molecular flexibility index (Phi) is 0.805. The quantitative estimate of drug-likeness (QED) is 0.483. The van der Waals surface area contributed by atoms with Gasteiger partial charge in [-0.15, -0.1) is 0 Å². The molecule has 0 aliphatic heterocycles. The molecule has 3 aliphatic rings. The van der Waals surface area contributed by atoms with Crippen molar-refractivity contribution in [3.63, 3.8) is 0 Å². The second-order valence-electron chi connectivity index (χ2n) is 4.31. The van der Waals surface area contributed by atoms with E-state index >= 15 is 0 Å². The zero-order chi connectivity index (χ0) is 6.72. The summed E-state index contributed by atoms with van der Waals surface area (Å²) in [5.74, 6) is 5.33. The van der Waals surface area contributed by atoms with E-state index in [1.165, 1.54) is 12.8 Å². The largest absolute Gasteiger partial charge is 0.0851 e. The monoisotopic (exact) mass is 134 g/mol. The SMILES string of the molecule is CC1C=CC2C1C2C1CC1. The van der Waals surface area contributed by atoms with Crippen LogP contribution < -0.4 is 0 Å². The molecule has 3 rings (SSSR count). The van der Waals surface area contributed by atoms with Gasteiger partial charge in [-0.1, -0.05) is 19.1 Å². The zero-order valence-corrected chi connectivity index (χ0v) is 6.46. The fraction of sp³-hybridized carbons (Fsp3) is 0.800. The van der Waals surface area contributed by atoms with Crippen LogP contribution in [0.5, 0.6) is 0 Å².